The first-order valence-electron chi connectivity index (χ1n) is 6.46. The average Bonchev–Trinajstić information content (AvgIpc) is 2.34. The molecule has 0 aromatic heterocycles. The van der Waals surface area contributed by atoms with Gasteiger partial charge in [0, 0.05) is 6.42 Å². The average molecular weight is 304 g/mol. The van der Waals surface area contributed by atoms with Crippen molar-refractivity contribution in [2.45, 2.75) is 45.6 Å². The van der Waals surface area contributed by atoms with Crippen molar-refractivity contribution in [2.24, 2.45) is 5.41 Å². The van der Waals surface area contributed by atoms with Crippen molar-refractivity contribution in [2.75, 3.05) is 0 Å². The van der Waals surface area contributed by atoms with Crippen LogP contribution in [0.1, 0.15) is 32.8 Å². The minimum Gasteiger partial charge on any atom is -0.460 e. The quantitative estimate of drug-likeness (QED) is 0.847. The highest BCUT2D eigenvalue weighted by atomic mass is 19.4. The second-order valence-electron chi connectivity index (χ2n) is 5.89. The van der Waals surface area contributed by atoms with Crippen molar-refractivity contribution in [3.63, 3.8) is 0 Å². The normalized spacial score (nSPS) is 15.4. The molecular formula is C15H19F3O3. The molecule has 21 heavy (non-hydrogen) atoms. The van der Waals surface area contributed by atoms with E-state index in [9.17, 15) is 23.1 Å². The van der Waals surface area contributed by atoms with Crippen LogP contribution in [0.2, 0.25) is 0 Å². The number of alkyl halides is 3. The highest BCUT2D eigenvalue weighted by Gasteiger charge is 2.53. The summed E-state index contributed by atoms with van der Waals surface area (Å²) in [6.45, 7) is 3.28. The molecule has 0 saturated heterocycles. The fourth-order valence-electron chi connectivity index (χ4n) is 1.95. The number of esters is 1. The molecule has 0 aliphatic rings. The molecule has 1 N–H and O–H groups in total. The summed E-state index contributed by atoms with van der Waals surface area (Å²) in [5.74, 6) is -0.782. The Bertz CT molecular complexity index is 479. The van der Waals surface area contributed by atoms with Gasteiger partial charge in [-0.15, -0.1) is 0 Å². The van der Waals surface area contributed by atoms with E-state index in [2.05, 4.69) is 0 Å². The van der Waals surface area contributed by atoms with Crippen LogP contribution >= 0.6 is 0 Å². The summed E-state index contributed by atoms with van der Waals surface area (Å²) < 4.78 is 43.1. The third-order valence-electron chi connectivity index (χ3n) is 3.16. The van der Waals surface area contributed by atoms with E-state index in [0.29, 0.717) is 6.92 Å². The Morgan fingerprint density at radius 1 is 1.14 bits per heavy atom. The van der Waals surface area contributed by atoms with Crippen molar-refractivity contribution < 1.29 is 27.8 Å². The lowest BCUT2D eigenvalue weighted by atomic mass is 9.80. The highest BCUT2D eigenvalue weighted by molar-refractivity contribution is 5.76. The minimum absolute atomic E-state index is 0.0166. The van der Waals surface area contributed by atoms with Crippen LogP contribution in [0.3, 0.4) is 0 Å². The van der Waals surface area contributed by atoms with Crippen molar-refractivity contribution in [3.05, 3.63) is 35.9 Å². The molecule has 0 heterocycles. The van der Waals surface area contributed by atoms with Crippen molar-refractivity contribution >= 4 is 5.97 Å². The van der Waals surface area contributed by atoms with Gasteiger partial charge in [-0.2, -0.15) is 13.2 Å². The van der Waals surface area contributed by atoms with Gasteiger partial charge in [0.05, 0.1) is 5.41 Å². The van der Waals surface area contributed by atoms with Crippen LogP contribution in [-0.4, -0.2) is 22.9 Å². The molecule has 0 aliphatic carbocycles. The van der Waals surface area contributed by atoms with Crippen LogP contribution in [0.4, 0.5) is 13.2 Å². The van der Waals surface area contributed by atoms with Gasteiger partial charge >= 0.3 is 12.1 Å². The zero-order chi connectivity index (χ0) is 16.3. The largest absolute Gasteiger partial charge is 0.460 e. The number of hydrogen-bond acceptors (Lipinski definition) is 3. The molecule has 0 saturated carbocycles. The summed E-state index contributed by atoms with van der Waals surface area (Å²) in [5.41, 5.74) is -3.65. The Labute approximate surface area is 121 Å². The van der Waals surface area contributed by atoms with Gasteiger partial charge in [-0.1, -0.05) is 30.3 Å². The molecule has 0 aliphatic heterocycles. The fraction of sp³-hybridized carbons (Fsp3) is 0.533. The standard InChI is InChI=1S/C15H19F3O3/c1-13(2,10-14(3,20)15(16,17)18)12(19)21-9-11-7-5-4-6-8-11/h4-8,20H,9-10H2,1-3H3. The van der Waals surface area contributed by atoms with Crippen molar-refractivity contribution in [1.29, 1.82) is 0 Å². The molecule has 118 valence electrons. The zero-order valence-corrected chi connectivity index (χ0v) is 12.2. The maximum Gasteiger partial charge on any atom is 0.416 e. The molecule has 0 fully saturated rings. The summed E-state index contributed by atoms with van der Waals surface area (Å²) >= 11 is 0. The first-order valence-corrected chi connectivity index (χ1v) is 6.46. The van der Waals surface area contributed by atoms with E-state index in [-0.39, 0.29) is 6.61 Å². The third-order valence-corrected chi connectivity index (χ3v) is 3.16. The van der Waals surface area contributed by atoms with E-state index in [1.54, 1.807) is 30.3 Å². The topological polar surface area (TPSA) is 46.5 Å². The van der Waals surface area contributed by atoms with Crippen LogP contribution < -0.4 is 0 Å². The number of aliphatic hydroxyl groups is 1. The first-order chi connectivity index (χ1) is 9.46. The SMILES string of the molecule is CC(C)(CC(C)(O)C(F)(F)F)C(=O)OCc1ccccc1. The maximum atomic E-state index is 12.7. The fourth-order valence-corrected chi connectivity index (χ4v) is 1.95. The predicted molar refractivity (Wildman–Crippen MR) is 71.3 cm³/mol. The molecule has 6 heteroatoms. The molecule has 0 amide bonds. The van der Waals surface area contributed by atoms with Crippen LogP contribution in [-0.2, 0) is 16.1 Å². The molecule has 1 atom stereocenters. The molecule has 1 rings (SSSR count). The summed E-state index contributed by atoms with van der Waals surface area (Å²) in [7, 11) is 0. The number of ether oxygens (including phenoxy) is 1. The molecular weight excluding hydrogens is 285 g/mol. The van der Waals surface area contributed by atoms with Gasteiger partial charge in [0.2, 0.25) is 0 Å². The Morgan fingerprint density at radius 3 is 2.14 bits per heavy atom. The number of carbonyl (C=O) groups is 1. The summed E-state index contributed by atoms with van der Waals surface area (Å²) in [4.78, 5) is 11.9. The molecule has 1 aromatic carbocycles. The lowest BCUT2D eigenvalue weighted by Crippen LogP contribution is -2.47. The Morgan fingerprint density at radius 2 is 1.67 bits per heavy atom. The maximum absolute atomic E-state index is 12.7. The van der Waals surface area contributed by atoms with Crippen LogP contribution in [0.5, 0.6) is 0 Å². The number of rotatable bonds is 5. The lowest BCUT2D eigenvalue weighted by molar-refractivity contribution is -0.262. The molecule has 1 aromatic rings. The van der Waals surface area contributed by atoms with E-state index in [1.165, 1.54) is 13.8 Å². The van der Waals surface area contributed by atoms with E-state index in [1.807, 2.05) is 0 Å². The molecule has 1 unspecified atom stereocenters. The number of carbonyl (C=O) groups excluding carboxylic acids is 1. The second kappa shape index (κ2) is 6.05. The Kier molecular flexibility index (Phi) is 5.04. The van der Waals surface area contributed by atoms with Gasteiger partial charge in [0.1, 0.15) is 6.61 Å². The number of hydrogen-bond donors (Lipinski definition) is 1. The molecule has 0 radical (unpaired) electrons. The number of benzene rings is 1. The molecule has 0 bridgehead atoms. The predicted octanol–water partition coefficient (Wildman–Crippen LogP) is 3.46. The van der Waals surface area contributed by atoms with Gasteiger partial charge in [-0.05, 0) is 26.3 Å². The number of halogens is 3. The van der Waals surface area contributed by atoms with Gasteiger partial charge in [0.15, 0.2) is 5.60 Å². The van der Waals surface area contributed by atoms with E-state index in [4.69, 9.17) is 4.74 Å². The van der Waals surface area contributed by atoms with E-state index >= 15 is 0 Å². The molecule has 3 nitrogen and oxygen atoms in total. The van der Waals surface area contributed by atoms with Gasteiger partial charge in [-0.3, -0.25) is 4.79 Å². The minimum atomic E-state index is -4.80. The summed E-state index contributed by atoms with van der Waals surface area (Å²) in [5, 5.41) is 9.49. The smallest absolute Gasteiger partial charge is 0.416 e. The van der Waals surface area contributed by atoms with E-state index in [0.717, 1.165) is 5.56 Å². The Hall–Kier alpha value is -1.56. The third kappa shape index (κ3) is 4.74. The summed E-state index contributed by atoms with van der Waals surface area (Å²) in [6, 6.07) is 8.82. The summed E-state index contributed by atoms with van der Waals surface area (Å²) in [6.07, 6.45) is -5.57. The van der Waals surface area contributed by atoms with Crippen LogP contribution in [0.25, 0.3) is 0 Å². The highest BCUT2D eigenvalue weighted by Crippen LogP contribution is 2.39. The first kappa shape index (κ1) is 17.5. The monoisotopic (exact) mass is 304 g/mol. The van der Waals surface area contributed by atoms with Crippen LogP contribution in [0.15, 0.2) is 30.3 Å². The van der Waals surface area contributed by atoms with E-state index < -0.39 is 29.6 Å². The van der Waals surface area contributed by atoms with Gasteiger partial charge in [0.25, 0.3) is 0 Å². The lowest BCUT2D eigenvalue weighted by Gasteiger charge is -2.33. The van der Waals surface area contributed by atoms with Crippen LogP contribution in [0, 0.1) is 5.41 Å². The second-order valence-corrected chi connectivity index (χ2v) is 5.89. The zero-order valence-electron chi connectivity index (χ0n) is 12.2. The Balaban J connectivity index is 2.67. The molecule has 0 spiro atoms. The van der Waals surface area contributed by atoms with Crippen molar-refractivity contribution in [3.8, 4) is 0 Å². The van der Waals surface area contributed by atoms with Gasteiger partial charge in [-0.25, -0.2) is 0 Å². The van der Waals surface area contributed by atoms with Gasteiger partial charge < -0.3 is 9.84 Å². The van der Waals surface area contributed by atoms with Crippen molar-refractivity contribution in [1.82, 2.24) is 0 Å².